The van der Waals surface area contributed by atoms with E-state index < -0.39 is 10.0 Å². The highest BCUT2D eigenvalue weighted by Gasteiger charge is 2.17. The van der Waals surface area contributed by atoms with Gasteiger partial charge in [-0.1, -0.05) is 19.1 Å². The Kier molecular flexibility index (Phi) is 5.17. The van der Waals surface area contributed by atoms with Crippen LogP contribution in [0.4, 0.5) is 0 Å². The molecule has 0 amide bonds. The fraction of sp³-hybridized carbons (Fsp3) is 0.167. The molecular formula is C18H17NO4S2. The SMILES string of the molecule is CCc1ccc(S(=O)(=O)NCc2ccc(C(=O)c3ccco3)s2)cc1. The van der Waals surface area contributed by atoms with E-state index in [1.54, 1.807) is 48.5 Å². The fourth-order valence-corrected chi connectivity index (χ4v) is 4.27. The van der Waals surface area contributed by atoms with Gasteiger partial charge in [-0.3, -0.25) is 4.79 Å². The van der Waals surface area contributed by atoms with Gasteiger partial charge in [0.25, 0.3) is 0 Å². The first-order valence-electron chi connectivity index (χ1n) is 7.75. The fourth-order valence-electron chi connectivity index (χ4n) is 2.28. The molecule has 25 heavy (non-hydrogen) atoms. The normalized spacial score (nSPS) is 11.6. The lowest BCUT2D eigenvalue weighted by molar-refractivity contribution is 0.101. The molecule has 0 unspecified atom stereocenters. The van der Waals surface area contributed by atoms with Crippen molar-refractivity contribution < 1.29 is 17.6 Å². The van der Waals surface area contributed by atoms with Crippen molar-refractivity contribution in [1.82, 2.24) is 4.72 Å². The lowest BCUT2D eigenvalue weighted by atomic mass is 10.2. The predicted octanol–water partition coefficient (Wildman–Crippen LogP) is 3.61. The van der Waals surface area contributed by atoms with Crippen LogP contribution in [-0.4, -0.2) is 14.2 Å². The number of rotatable bonds is 7. The van der Waals surface area contributed by atoms with Crippen molar-refractivity contribution in [2.75, 3.05) is 0 Å². The van der Waals surface area contributed by atoms with E-state index in [1.165, 1.54) is 17.6 Å². The molecule has 0 radical (unpaired) electrons. The third kappa shape index (κ3) is 4.07. The standard InChI is InChI=1S/C18H17NO4S2/c1-2-13-5-8-15(9-6-13)25(21,22)19-12-14-7-10-17(24-14)18(20)16-4-3-11-23-16/h3-11,19H,2,12H2,1H3. The van der Waals surface area contributed by atoms with Crippen LogP contribution in [0.3, 0.4) is 0 Å². The molecule has 3 aromatic rings. The second kappa shape index (κ2) is 7.35. The van der Waals surface area contributed by atoms with Crippen LogP contribution in [-0.2, 0) is 23.0 Å². The number of thiophene rings is 1. The van der Waals surface area contributed by atoms with E-state index >= 15 is 0 Å². The molecule has 0 saturated carbocycles. The van der Waals surface area contributed by atoms with Crippen molar-refractivity contribution in [3.05, 3.63) is 75.9 Å². The van der Waals surface area contributed by atoms with E-state index in [2.05, 4.69) is 4.72 Å². The zero-order valence-corrected chi connectivity index (χ0v) is 15.2. The van der Waals surface area contributed by atoms with Crippen LogP contribution < -0.4 is 4.72 Å². The molecular weight excluding hydrogens is 358 g/mol. The molecule has 0 atom stereocenters. The van der Waals surface area contributed by atoms with Crippen LogP contribution in [0.1, 0.15) is 32.8 Å². The lowest BCUT2D eigenvalue weighted by Gasteiger charge is -2.06. The molecule has 7 heteroatoms. The Balaban J connectivity index is 1.68. The topological polar surface area (TPSA) is 76.4 Å². The Morgan fingerprint density at radius 1 is 1.12 bits per heavy atom. The quantitative estimate of drug-likeness (QED) is 0.640. The number of carbonyl (C=O) groups excluding carboxylic acids is 1. The molecule has 2 heterocycles. The third-order valence-electron chi connectivity index (χ3n) is 3.71. The zero-order chi connectivity index (χ0) is 17.9. The van der Waals surface area contributed by atoms with Gasteiger partial charge in [0.1, 0.15) is 0 Å². The molecule has 130 valence electrons. The maximum atomic E-state index is 12.3. The summed E-state index contributed by atoms with van der Waals surface area (Å²) in [5.74, 6) is 0.0595. The molecule has 5 nitrogen and oxygen atoms in total. The number of hydrogen-bond acceptors (Lipinski definition) is 5. The summed E-state index contributed by atoms with van der Waals surface area (Å²) in [6.07, 6.45) is 2.30. The summed E-state index contributed by atoms with van der Waals surface area (Å²) in [5, 5.41) is 0. The molecule has 0 spiro atoms. The molecule has 3 rings (SSSR count). The monoisotopic (exact) mass is 375 g/mol. The van der Waals surface area contributed by atoms with E-state index in [0.29, 0.717) is 4.88 Å². The third-order valence-corrected chi connectivity index (χ3v) is 6.21. The largest absolute Gasteiger partial charge is 0.461 e. The molecule has 0 fully saturated rings. The first-order valence-corrected chi connectivity index (χ1v) is 10.0. The minimum absolute atomic E-state index is 0.133. The van der Waals surface area contributed by atoms with Crippen LogP contribution in [0.25, 0.3) is 0 Å². The second-order valence-corrected chi connectivity index (χ2v) is 8.33. The van der Waals surface area contributed by atoms with E-state index in [0.717, 1.165) is 16.9 Å². The van der Waals surface area contributed by atoms with Gasteiger partial charge >= 0.3 is 0 Å². The first kappa shape index (κ1) is 17.6. The van der Waals surface area contributed by atoms with Gasteiger partial charge in [0.15, 0.2) is 5.76 Å². The molecule has 0 aliphatic carbocycles. The first-order chi connectivity index (χ1) is 12.0. The number of aryl methyl sites for hydroxylation is 1. The van der Waals surface area contributed by atoms with Crippen LogP contribution in [0.5, 0.6) is 0 Å². The van der Waals surface area contributed by atoms with Gasteiger partial charge in [-0.05, 0) is 48.4 Å². The number of ketones is 1. The summed E-state index contributed by atoms with van der Waals surface area (Å²) in [6, 6.07) is 13.5. The van der Waals surface area contributed by atoms with E-state index in [-0.39, 0.29) is 23.0 Å². The van der Waals surface area contributed by atoms with Gasteiger partial charge in [-0.15, -0.1) is 11.3 Å². The Morgan fingerprint density at radius 2 is 1.88 bits per heavy atom. The van der Waals surface area contributed by atoms with Crippen LogP contribution >= 0.6 is 11.3 Å². The summed E-state index contributed by atoms with van der Waals surface area (Å²) < 4.78 is 32.3. The highest BCUT2D eigenvalue weighted by Crippen LogP contribution is 2.21. The van der Waals surface area contributed by atoms with Crippen molar-refractivity contribution in [2.24, 2.45) is 0 Å². The Bertz CT molecular complexity index is 955. The number of nitrogens with one attached hydrogen (secondary N) is 1. The summed E-state index contributed by atoms with van der Waals surface area (Å²) >= 11 is 1.24. The Morgan fingerprint density at radius 3 is 2.52 bits per heavy atom. The van der Waals surface area contributed by atoms with Gasteiger partial charge in [0.2, 0.25) is 15.8 Å². The van der Waals surface area contributed by atoms with Crippen molar-refractivity contribution in [2.45, 2.75) is 24.8 Å². The minimum Gasteiger partial charge on any atom is -0.461 e. The van der Waals surface area contributed by atoms with Gasteiger partial charge in [-0.2, -0.15) is 0 Å². The summed E-state index contributed by atoms with van der Waals surface area (Å²) in [6.45, 7) is 2.15. The van der Waals surface area contributed by atoms with E-state index in [1.807, 2.05) is 6.92 Å². The second-order valence-electron chi connectivity index (χ2n) is 5.39. The smallest absolute Gasteiger partial charge is 0.240 e. The number of furan rings is 1. The Hall–Kier alpha value is -2.22. The molecule has 2 aromatic heterocycles. The summed E-state index contributed by atoms with van der Waals surface area (Å²) in [5.41, 5.74) is 1.08. The lowest BCUT2D eigenvalue weighted by Crippen LogP contribution is -2.22. The van der Waals surface area contributed by atoms with Crippen LogP contribution in [0.15, 0.2) is 64.1 Å². The van der Waals surface area contributed by atoms with Gasteiger partial charge < -0.3 is 4.42 Å². The highest BCUT2D eigenvalue weighted by atomic mass is 32.2. The number of sulfonamides is 1. The van der Waals surface area contributed by atoms with Gasteiger partial charge in [0.05, 0.1) is 16.0 Å². The number of carbonyl (C=O) groups is 1. The van der Waals surface area contributed by atoms with Crippen molar-refractivity contribution in [3.63, 3.8) is 0 Å². The maximum absolute atomic E-state index is 12.3. The average molecular weight is 375 g/mol. The predicted molar refractivity (Wildman–Crippen MR) is 96.3 cm³/mol. The summed E-state index contributed by atoms with van der Waals surface area (Å²) in [7, 11) is -3.58. The van der Waals surface area contributed by atoms with Crippen molar-refractivity contribution in [1.29, 1.82) is 0 Å². The van der Waals surface area contributed by atoms with Crippen LogP contribution in [0.2, 0.25) is 0 Å². The van der Waals surface area contributed by atoms with E-state index in [9.17, 15) is 13.2 Å². The van der Waals surface area contributed by atoms with Crippen LogP contribution in [0, 0.1) is 0 Å². The van der Waals surface area contributed by atoms with Gasteiger partial charge in [-0.25, -0.2) is 13.1 Å². The van der Waals surface area contributed by atoms with Gasteiger partial charge in [0, 0.05) is 11.4 Å². The zero-order valence-electron chi connectivity index (χ0n) is 13.6. The molecule has 0 bridgehead atoms. The number of hydrogen-bond donors (Lipinski definition) is 1. The highest BCUT2D eigenvalue weighted by molar-refractivity contribution is 7.89. The molecule has 0 aliphatic heterocycles. The molecule has 1 aromatic carbocycles. The maximum Gasteiger partial charge on any atom is 0.240 e. The Labute approximate surface area is 150 Å². The van der Waals surface area contributed by atoms with Crippen molar-refractivity contribution >= 4 is 27.1 Å². The molecule has 0 aliphatic rings. The summed E-state index contributed by atoms with van der Waals surface area (Å²) in [4.78, 5) is 13.7. The van der Waals surface area contributed by atoms with E-state index in [4.69, 9.17) is 4.42 Å². The number of benzene rings is 1. The van der Waals surface area contributed by atoms with Crippen molar-refractivity contribution in [3.8, 4) is 0 Å². The minimum atomic E-state index is -3.58. The average Bonchev–Trinajstić information content (AvgIpc) is 3.31. The molecule has 1 N–H and O–H groups in total. The molecule has 0 saturated heterocycles.